The van der Waals surface area contributed by atoms with Gasteiger partial charge in [0.15, 0.2) is 0 Å². The van der Waals surface area contributed by atoms with Gasteiger partial charge in [0, 0.05) is 12.2 Å². The first-order valence-electron chi connectivity index (χ1n) is 8.72. The fourth-order valence-corrected chi connectivity index (χ4v) is 1.98. The third-order valence-electron chi connectivity index (χ3n) is 3.20. The van der Waals surface area contributed by atoms with Crippen LogP contribution in [0.5, 0.6) is 0 Å². The molecule has 0 radical (unpaired) electrons. The van der Waals surface area contributed by atoms with Crippen LogP contribution >= 0.6 is 0 Å². The Balaban J connectivity index is 0. The molecule has 2 rings (SSSR count). The molecule has 0 bridgehead atoms. The smallest absolute Gasteiger partial charge is 0.500 e. The SMILES string of the molecule is C=[C-]Cc1ccc(NC(=C)NCc2ccc(C)cc2)cc1.CC.[CH2-]C.[Na+]. The molecule has 0 heterocycles. The van der Waals surface area contributed by atoms with Crippen molar-refractivity contribution in [3.05, 3.63) is 97.2 Å². The molecule has 2 N–H and O–H groups in total. The van der Waals surface area contributed by atoms with E-state index in [1.165, 1.54) is 16.7 Å². The fraction of sp³-hybridized carbons (Fsp3) is 0.261. The van der Waals surface area contributed by atoms with Gasteiger partial charge in [0.1, 0.15) is 0 Å². The summed E-state index contributed by atoms with van der Waals surface area (Å²) in [4.78, 5) is 0. The predicted octanol–water partition coefficient (Wildman–Crippen LogP) is 3.07. The Morgan fingerprint density at radius 1 is 0.962 bits per heavy atom. The molecule has 0 saturated carbocycles. The number of nitrogens with one attached hydrogen (secondary N) is 2. The third-order valence-corrected chi connectivity index (χ3v) is 3.20. The van der Waals surface area contributed by atoms with Gasteiger partial charge in [-0.3, -0.25) is 6.58 Å². The molecule has 0 aliphatic rings. The number of allylic oxidation sites excluding steroid dienone is 1. The summed E-state index contributed by atoms with van der Waals surface area (Å²) in [5.74, 6) is 0.790. The van der Waals surface area contributed by atoms with E-state index in [1.54, 1.807) is 6.92 Å². The maximum Gasteiger partial charge on any atom is 1.00 e. The van der Waals surface area contributed by atoms with Gasteiger partial charge in [0.05, 0.1) is 5.82 Å². The summed E-state index contributed by atoms with van der Waals surface area (Å²) in [5.41, 5.74) is 4.73. The fourth-order valence-electron chi connectivity index (χ4n) is 1.98. The van der Waals surface area contributed by atoms with E-state index in [-0.39, 0.29) is 29.6 Å². The van der Waals surface area contributed by atoms with Gasteiger partial charge in [0.25, 0.3) is 0 Å². The summed E-state index contributed by atoms with van der Waals surface area (Å²) in [6, 6.07) is 16.7. The molecular formula is C23H32N2Na-. The first-order valence-corrected chi connectivity index (χ1v) is 8.72. The molecular weight excluding hydrogens is 327 g/mol. The summed E-state index contributed by atoms with van der Waals surface area (Å²) >= 11 is 0. The maximum atomic E-state index is 4.00. The van der Waals surface area contributed by atoms with Gasteiger partial charge in [-0.15, -0.1) is 0 Å². The molecule has 0 aliphatic heterocycles. The van der Waals surface area contributed by atoms with Gasteiger partial charge in [-0.05, 0) is 24.6 Å². The van der Waals surface area contributed by atoms with E-state index in [2.05, 4.69) is 80.1 Å². The van der Waals surface area contributed by atoms with E-state index in [0.29, 0.717) is 0 Å². The largest absolute Gasteiger partial charge is 1.00 e. The zero-order chi connectivity index (χ0) is 19.1. The topological polar surface area (TPSA) is 24.1 Å². The van der Waals surface area contributed by atoms with Crippen LogP contribution in [-0.4, -0.2) is 0 Å². The average molecular weight is 360 g/mol. The van der Waals surface area contributed by atoms with E-state index in [1.807, 2.05) is 26.0 Å². The Bertz CT molecular complexity index is 601. The molecule has 136 valence electrons. The van der Waals surface area contributed by atoms with Crippen molar-refractivity contribution in [3.8, 4) is 0 Å². The van der Waals surface area contributed by atoms with Crippen molar-refractivity contribution < 1.29 is 29.6 Å². The van der Waals surface area contributed by atoms with Crippen LogP contribution in [0.25, 0.3) is 0 Å². The number of aryl methyl sites for hydroxylation is 1. The van der Waals surface area contributed by atoms with Crippen LogP contribution in [0.1, 0.15) is 37.5 Å². The van der Waals surface area contributed by atoms with Gasteiger partial charge in [-0.25, -0.2) is 0 Å². The minimum Gasteiger partial charge on any atom is -0.500 e. The Morgan fingerprint density at radius 2 is 1.46 bits per heavy atom. The van der Waals surface area contributed by atoms with Crippen LogP contribution < -0.4 is 40.2 Å². The van der Waals surface area contributed by atoms with Crippen molar-refractivity contribution in [2.24, 2.45) is 0 Å². The monoisotopic (exact) mass is 359 g/mol. The molecule has 2 aromatic rings. The molecule has 2 aromatic carbocycles. The van der Waals surface area contributed by atoms with Crippen molar-refractivity contribution in [1.29, 1.82) is 0 Å². The van der Waals surface area contributed by atoms with Crippen LogP contribution in [-0.2, 0) is 13.0 Å². The van der Waals surface area contributed by atoms with Crippen LogP contribution in [0.15, 0.2) is 67.5 Å². The van der Waals surface area contributed by atoms with Crippen LogP contribution in [0.3, 0.4) is 0 Å². The van der Waals surface area contributed by atoms with Crippen molar-refractivity contribution in [2.75, 3.05) is 5.32 Å². The van der Waals surface area contributed by atoms with Gasteiger partial charge in [0.2, 0.25) is 0 Å². The van der Waals surface area contributed by atoms with Crippen molar-refractivity contribution in [1.82, 2.24) is 5.32 Å². The van der Waals surface area contributed by atoms with Gasteiger partial charge >= 0.3 is 29.6 Å². The number of hydrogen-bond donors (Lipinski definition) is 2. The summed E-state index contributed by atoms with van der Waals surface area (Å²) in [5, 5.41) is 6.53. The summed E-state index contributed by atoms with van der Waals surface area (Å²) in [6.45, 7) is 19.5. The average Bonchev–Trinajstić information content (AvgIpc) is 2.66. The third kappa shape index (κ3) is 11.2. The van der Waals surface area contributed by atoms with Crippen LogP contribution in [0.2, 0.25) is 0 Å². The number of hydrogen-bond acceptors (Lipinski definition) is 2. The first kappa shape index (κ1) is 26.7. The standard InChI is InChI=1S/C19H21N2.C2H6.C2H5.Na/c1-4-5-17-10-12-19(13-11-17)21-16(3)20-14-18-8-6-15(2)7-9-18;2*1-2;/h6-13,20-21H,1,3,5,14H2,2H3;1-2H3;1H2,2H3;/q-1;;-1;+1. The Labute approximate surface area is 183 Å². The summed E-state index contributed by atoms with van der Waals surface area (Å²) < 4.78 is 0. The molecule has 0 aromatic heterocycles. The first-order chi connectivity index (χ1) is 12.2. The molecule has 0 fully saturated rings. The van der Waals surface area contributed by atoms with E-state index in [4.69, 9.17) is 0 Å². The molecule has 0 amide bonds. The second-order valence-corrected chi connectivity index (χ2v) is 5.07. The van der Waals surface area contributed by atoms with Crippen molar-refractivity contribution in [2.45, 2.75) is 40.7 Å². The van der Waals surface area contributed by atoms with E-state index in [9.17, 15) is 0 Å². The second-order valence-electron chi connectivity index (χ2n) is 5.07. The predicted molar refractivity (Wildman–Crippen MR) is 112 cm³/mol. The molecule has 26 heavy (non-hydrogen) atoms. The number of anilines is 1. The zero-order valence-electron chi connectivity index (χ0n) is 17.2. The van der Waals surface area contributed by atoms with E-state index < -0.39 is 0 Å². The van der Waals surface area contributed by atoms with Gasteiger partial charge in [-0.2, -0.15) is 13.3 Å². The minimum atomic E-state index is 0. The summed E-state index contributed by atoms with van der Waals surface area (Å²) in [7, 11) is 0. The second kappa shape index (κ2) is 17.0. The summed E-state index contributed by atoms with van der Waals surface area (Å²) in [6.07, 6.45) is 3.66. The Kier molecular flexibility index (Phi) is 17.4. The zero-order valence-corrected chi connectivity index (χ0v) is 19.2. The molecule has 0 unspecified atom stereocenters. The molecule has 0 atom stereocenters. The maximum absolute atomic E-state index is 4.00. The van der Waals surface area contributed by atoms with Crippen molar-refractivity contribution in [3.63, 3.8) is 0 Å². The molecule has 0 spiro atoms. The minimum absolute atomic E-state index is 0. The molecule has 3 heteroatoms. The Hall–Kier alpha value is -1.48. The molecule has 0 saturated heterocycles. The van der Waals surface area contributed by atoms with Gasteiger partial charge < -0.3 is 23.6 Å². The van der Waals surface area contributed by atoms with Gasteiger partial charge in [-0.1, -0.05) is 68.0 Å². The van der Waals surface area contributed by atoms with Crippen molar-refractivity contribution >= 4 is 5.69 Å². The number of rotatable bonds is 7. The molecule has 0 aliphatic carbocycles. The normalized spacial score (nSPS) is 8.50. The number of benzene rings is 2. The Morgan fingerprint density at radius 3 is 1.96 bits per heavy atom. The van der Waals surface area contributed by atoms with E-state index in [0.717, 1.165) is 24.5 Å². The molecule has 2 nitrogen and oxygen atoms in total. The van der Waals surface area contributed by atoms with Crippen LogP contribution in [0.4, 0.5) is 5.69 Å². The van der Waals surface area contributed by atoms with Crippen LogP contribution in [0, 0.1) is 19.9 Å². The van der Waals surface area contributed by atoms with E-state index >= 15 is 0 Å². The quantitative estimate of drug-likeness (QED) is 0.586.